The summed E-state index contributed by atoms with van der Waals surface area (Å²) in [5, 5.41) is 2.85. The summed E-state index contributed by atoms with van der Waals surface area (Å²) in [5.74, 6) is 1.05. The minimum Gasteiger partial charge on any atom is -0.450 e. The summed E-state index contributed by atoms with van der Waals surface area (Å²) < 4.78 is 5.01. The monoisotopic (exact) mass is 349 g/mol. The number of piperazine rings is 1. The fourth-order valence-corrected chi connectivity index (χ4v) is 2.50. The number of hydrogen-bond donors (Lipinski definition) is 1. The molecule has 0 spiro atoms. The summed E-state index contributed by atoms with van der Waals surface area (Å²) >= 11 is 0. The number of carbonyl (C=O) groups excluding carboxylic acids is 2. The topological polar surface area (TPSA) is 87.7 Å². The molecule has 2 heterocycles. The number of rotatable bonds is 6. The van der Waals surface area contributed by atoms with E-state index in [2.05, 4.69) is 29.1 Å². The number of ether oxygens (including phenoxy) is 1. The molecule has 0 bridgehead atoms. The maximum absolute atomic E-state index is 12.0. The molecule has 2 rings (SSSR count). The maximum atomic E-state index is 12.0. The summed E-state index contributed by atoms with van der Waals surface area (Å²) in [5.41, 5.74) is 0.317. The van der Waals surface area contributed by atoms with Crippen LogP contribution in [0.5, 0.6) is 0 Å². The highest BCUT2D eigenvalue weighted by Crippen LogP contribution is 2.13. The highest BCUT2D eigenvalue weighted by molar-refractivity contribution is 5.91. The molecule has 1 aromatic heterocycles. The molecule has 1 fully saturated rings. The lowest BCUT2D eigenvalue weighted by molar-refractivity contribution is 0.0945. The Labute approximate surface area is 148 Å². The van der Waals surface area contributed by atoms with E-state index in [9.17, 15) is 9.59 Å². The number of aromatic nitrogens is 2. The lowest BCUT2D eigenvalue weighted by Gasteiger charge is -2.34. The molecular weight excluding hydrogens is 322 g/mol. The minimum absolute atomic E-state index is 0.202. The van der Waals surface area contributed by atoms with Crippen molar-refractivity contribution in [2.45, 2.75) is 27.2 Å². The number of hydrogen-bond acceptors (Lipinski definition) is 6. The number of nitrogens with one attached hydrogen (secondary N) is 1. The average Bonchev–Trinajstić information content (AvgIpc) is 2.62. The van der Waals surface area contributed by atoms with Crippen LogP contribution in [0.1, 0.15) is 37.7 Å². The van der Waals surface area contributed by atoms with Crippen LogP contribution in [0.15, 0.2) is 12.4 Å². The molecule has 1 aromatic rings. The van der Waals surface area contributed by atoms with Crippen molar-refractivity contribution in [2.75, 3.05) is 44.2 Å². The van der Waals surface area contributed by atoms with Crippen molar-refractivity contribution in [3.8, 4) is 0 Å². The molecule has 0 atom stereocenters. The molecule has 2 amide bonds. The van der Waals surface area contributed by atoms with Crippen LogP contribution >= 0.6 is 0 Å². The molecule has 0 aromatic carbocycles. The van der Waals surface area contributed by atoms with Gasteiger partial charge in [-0.2, -0.15) is 0 Å². The van der Waals surface area contributed by atoms with Crippen molar-refractivity contribution < 1.29 is 14.3 Å². The number of amides is 2. The predicted molar refractivity (Wildman–Crippen MR) is 94.6 cm³/mol. The summed E-state index contributed by atoms with van der Waals surface area (Å²) in [4.78, 5) is 36.0. The molecule has 0 radical (unpaired) electrons. The van der Waals surface area contributed by atoms with E-state index in [1.54, 1.807) is 18.0 Å². The van der Waals surface area contributed by atoms with Gasteiger partial charge in [-0.15, -0.1) is 0 Å². The van der Waals surface area contributed by atoms with Crippen molar-refractivity contribution in [1.29, 1.82) is 0 Å². The zero-order valence-corrected chi connectivity index (χ0v) is 15.2. The van der Waals surface area contributed by atoms with Gasteiger partial charge in [0, 0.05) is 32.7 Å². The van der Waals surface area contributed by atoms with E-state index in [-0.39, 0.29) is 12.0 Å². The highest BCUT2D eigenvalue weighted by atomic mass is 16.6. The van der Waals surface area contributed by atoms with Crippen LogP contribution in [0.3, 0.4) is 0 Å². The average molecular weight is 349 g/mol. The van der Waals surface area contributed by atoms with Crippen molar-refractivity contribution in [3.63, 3.8) is 0 Å². The van der Waals surface area contributed by atoms with Gasteiger partial charge in [0.25, 0.3) is 5.91 Å². The molecule has 138 valence electrons. The smallest absolute Gasteiger partial charge is 0.409 e. The highest BCUT2D eigenvalue weighted by Gasteiger charge is 2.23. The van der Waals surface area contributed by atoms with Crippen LogP contribution in [0.4, 0.5) is 10.6 Å². The van der Waals surface area contributed by atoms with Gasteiger partial charge in [0.2, 0.25) is 0 Å². The van der Waals surface area contributed by atoms with Gasteiger partial charge in [0.15, 0.2) is 0 Å². The van der Waals surface area contributed by atoms with Crippen molar-refractivity contribution in [2.24, 2.45) is 5.92 Å². The molecule has 1 aliphatic heterocycles. The van der Waals surface area contributed by atoms with E-state index in [0.717, 1.165) is 6.42 Å². The quantitative estimate of drug-likeness (QED) is 0.838. The molecule has 0 aliphatic carbocycles. The Morgan fingerprint density at radius 1 is 1.20 bits per heavy atom. The van der Waals surface area contributed by atoms with Crippen LogP contribution in [0, 0.1) is 5.92 Å². The Hall–Kier alpha value is -2.38. The second kappa shape index (κ2) is 9.19. The normalized spacial score (nSPS) is 14.6. The Morgan fingerprint density at radius 3 is 2.48 bits per heavy atom. The number of anilines is 1. The first-order chi connectivity index (χ1) is 12.0. The van der Waals surface area contributed by atoms with E-state index in [1.165, 1.54) is 6.20 Å². The Bertz CT molecular complexity index is 568. The van der Waals surface area contributed by atoms with Gasteiger partial charge in [-0.1, -0.05) is 13.8 Å². The van der Waals surface area contributed by atoms with Gasteiger partial charge >= 0.3 is 6.09 Å². The first kappa shape index (κ1) is 19.0. The first-order valence-electron chi connectivity index (χ1n) is 8.78. The van der Waals surface area contributed by atoms with Gasteiger partial charge in [-0.25, -0.2) is 14.8 Å². The third kappa shape index (κ3) is 5.58. The summed E-state index contributed by atoms with van der Waals surface area (Å²) in [6, 6.07) is 0. The third-order valence-electron chi connectivity index (χ3n) is 4.01. The Balaban J connectivity index is 1.84. The van der Waals surface area contributed by atoms with Gasteiger partial charge in [0.1, 0.15) is 11.5 Å². The van der Waals surface area contributed by atoms with Gasteiger partial charge in [0.05, 0.1) is 19.0 Å². The number of nitrogens with zero attached hydrogens (tertiary/aromatic N) is 4. The second-order valence-electron chi connectivity index (χ2n) is 6.37. The molecule has 1 saturated heterocycles. The summed E-state index contributed by atoms with van der Waals surface area (Å²) in [6.07, 6.45) is 3.76. The summed E-state index contributed by atoms with van der Waals surface area (Å²) in [7, 11) is 0. The van der Waals surface area contributed by atoms with E-state index < -0.39 is 0 Å². The molecular formula is C17H27N5O3. The van der Waals surface area contributed by atoms with Crippen LogP contribution in [0.2, 0.25) is 0 Å². The molecule has 1 aliphatic rings. The van der Waals surface area contributed by atoms with E-state index >= 15 is 0 Å². The van der Waals surface area contributed by atoms with Crippen LogP contribution in [-0.2, 0) is 4.74 Å². The Morgan fingerprint density at radius 2 is 1.92 bits per heavy atom. The predicted octanol–water partition coefficient (Wildman–Crippen LogP) is 1.53. The summed E-state index contributed by atoms with van der Waals surface area (Å²) in [6.45, 7) is 9.52. The van der Waals surface area contributed by atoms with Crippen LogP contribution in [-0.4, -0.2) is 66.2 Å². The number of carbonyl (C=O) groups is 2. The van der Waals surface area contributed by atoms with E-state index in [4.69, 9.17) is 4.74 Å². The molecule has 0 saturated carbocycles. The van der Waals surface area contributed by atoms with E-state index in [0.29, 0.717) is 56.8 Å². The lowest BCUT2D eigenvalue weighted by atomic mass is 10.1. The van der Waals surface area contributed by atoms with E-state index in [1.807, 2.05) is 4.90 Å². The lowest BCUT2D eigenvalue weighted by Crippen LogP contribution is -2.49. The van der Waals surface area contributed by atoms with Crippen molar-refractivity contribution in [1.82, 2.24) is 20.2 Å². The van der Waals surface area contributed by atoms with Crippen LogP contribution < -0.4 is 10.2 Å². The molecule has 1 N–H and O–H groups in total. The largest absolute Gasteiger partial charge is 0.450 e. The molecule has 0 unspecified atom stereocenters. The second-order valence-corrected chi connectivity index (χ2v) is 6.37. The molecule has 8 heteroatoms. The fraction of sp³-hybridized carbons (Fsp3) is 0.647. The zero-order valence-electron chi connectivity index (χ0n) is 15.2. The standard InChI is InChI=1S/C17H27N5O3/c1-4-25-17(24)22-9-7-21(8-10-22)15-12-19-14(11-20-15)16(23)18-6-5-13(2)3/h11-13H,4-10H2,1-3H3,(H,18,23). The first-order valence-corrected chi connectivity index (χ1v) is 8.78. The van der Waals surface area contributed by atoms with Gasteiger partial charge < -0.3 is 19.9 Å². The maximum Gasteiger partial charge on any atom is 0.409 e. The zero-order chi connectivity index (χ0) is 18.2. The van der Waals surface area contributed by atoms with Crippen molar-refractivity contribution in [3.05, 3.63) is 18.1 Å². The fourth-order valence-electron chi connectivity index (χ4n) is 2.50. The molecule has 8 nitrogen and oxygen atoms in total. The molecule has 25 heavy (non-hydrogen) atoms. The Kier molecular flexibility index (Phi) is 6.97. The van der Waals surface area contributed by atoms with Gasteiger partial charge in [-0.05, 0) is 19.3 Å². The third-order valence-corrected chi connectivity index (χ3v) is 4.01. The van der Waals surface area contributed by atoms with Crippen molar-refractivity contribution >= 4 is 17.8 Å². The van der Waals surface area contributed by atoms with Crippen LogP contribution in [0.25, 0.3) is 0 Å². The SMILES string of the molecule is CCOC(=O)N1CCN(c2cnc(C(=O)NCCC(C)C)cn2)CC1. The van der Waals surface area contributed by atoms with Gasteiger partial charge in [-0.3, -0.25) is 4.79 Å². The minimum atomic E-state index is -0.276.